The molecule has 1 aromatic rings. The predicted octanol–water partition coefficient (Wildman–Crippen LogP) is 3.11. The van der Waals surface area contributed by atoms with E-state index in [-0.39, 0.29) is 12.0 Å². The third-order valence-corrected chi connectivity index (χ3v) is 2.41. The molecule has 0 bridgehead atoms. The Kier molecular flexibility index (Phi) is 2.48. The average molecular weight is 167 g/mol. The van der Waals surface area contributed by atoms with Crippen LogP contribution < -0.4 is 6.15 Å². The van der Waals surface area contributed by atoms with Gasteiger partial charge in [-0.05, 0) is 36.0 Å². The lowest BCUT2D eigenvalue weighted by atomic mass is 10.1. The Morgan fingerprint density at radius 1 is 1.25 bits per heavy atom. The first-order valence-electron chi connectivity index (χ1n) is 4.03. The molecule has 0 radical (unpaired) electrons. The lowest BCUT2D eigenvalue weighted by molar-refractivity contribution is 0.627. The Bertz CT molecular complexity index is 255. The first-order valence-corrected chi connectivity index (χ1v) is 4.03. The average Bonchev–Trinajstić information content (AvgIpc) is 2.69. The van der Waals surface area contributed by atoms with Crippen molar-refractivity contribution in [3.8, 4) is 0 Å². The molecule has 2 atom stereocenters. The van der Waals surface area contributed by atoms with Gasteiger partial charge < -0.3 is 6.15 Å². The van der Waals surface area contributed by atoms with Crippen LogP contribution in [0.25, 0.3) is 0 Å². The van der Waals surface area contributed by atoms with Gasteiger partial charge in [-0.25, -0.2) is 4.39 Å². The molecule has 1 aromatic carbocycles. The van der Waals surface area contributed by atoms with Gasteiger partial charge in [-0.15, -0.1) is 0 Å². The van der Waals surface area contributed by atoms with Crippen LogP contribution in [0.2, 0.25) is 0 Å². The molecule has 3 N–H and O–H groups in total. The number of benzene rings is 1. The molecule has 1 aliphatic rings. The van der Waals surface area contributed by atoms with Crippen molar-refractivity contribution in [2.45, 2.75) is 19.3 Å². The summed E-state index contributed by atoms with van der Waals surface area (Å²) >= 11 is 0. The van der Waals surface area contributed by atoms with Crippen LogP contribution in [0.4, 0.5) is 4.39 Å². The van der Waals surface area contributed by atoms with Gasteiger partial charge in [0.15, 0.2) is 0 Å². The van der Waals surface area contributed by atoms with Crippen LogP contribution >= 0.6 is 0 Å². The highest BCUT2D eigenvalue weighted by Crippen LogP contribution is 2.46. The molecule has 1 nitrogen and oxygen atoms in total. The predicted molar refractivity (Wildman–Crippen MR) is 47.9 cm³/mol. The van der Waals surface area contributed by atoms with Gasteiger partial charge in [-0.3, -0.25) is 0 Å². The molecule has 12 heavy (non-hydrogen) atoms. The van der Waals surface area contributed by atoms with Crippen molar-refractivity contribution in [1.82, 2.24) is 6.15 Å². The van der Waals surface area contributed by atoms with Crippen LogP contribution in [0.3, 0.4) is 0 Å². The smallest absolute Gasteiger partial charge is 0.123 e. The second-order valence-electron chi connectivity index (χ2n) is 3.37. The summed E-state index contributed by atoms with van der Waals surface area (Å²) in [5.41, 5.74) is 1.29. The zero-order valence-corrected chi connectivity index (χ0v) is 7.26. The van der Waals surface area contributed by atoms with Gasteiger partial charge in [0.2, 0.25) is 0 Å². The summed E-state index contributed by atoms with van der Waals surface area (Å²) in [7, 11) is 0. The summed E-state index contributed by atoms with van der Waals surface area (Å²) in [5.74, 6) is 1.37. The topological polar surface area (TPSA) is 35.0 Å². The van der Waals surface area contributed by atoms with E-state index in [1.54, 1.807) is 12.1 Å². The van der Waals surface area contributed by atoms with Crippen molar-refractivity contribution >= 4 is 0 Å². The Balaban J connectivity index is 0.000000720. The van der Waals surface area contributed by atoms with E-state index in [0.717, 1.165) is 5.92 Å². The molecule has 0 amide bonds. The lowest BCUT2D eigenvalue weighted by Crippen LogP contribution is -1.80. The molecule has 0 saturated heterocycles. The number of halogens is 1. The van der Waals surface area contributed by atoms with E-state index in [1.807, 2.05) is 12.1 Å². The van der Waals surface area contributed by atoms with E-state index >= 15 is 0 Å². The maximum absolute atomic E-state index is 12.5. The minimum Gasteiger partial charge on any atom is -0.344 e. The third kappa shape index (κ3) is 1.64. The molecule has 1 fully saturated rings. The van der Waals surface area contributed by atoms with Gasteiger partial charge in [0.05, 0.1) is 0 Å². The SMILES string of the molecule is CC1CC1c1ccc(F)cc1.N. The molecule has 0 spiro atoms. The van der Waals surface area contributed by atoms with E-state index in [9.17, 15) is 4.39 Å². The third-order valence-electron chi connectivity index (χ3n) is 2.41. The summed E-state index contributed by atoms with van der Waals surface area (Å²) in [4.78, 5) is 0. The van der Waals surface area contributed by atoms with E-state index in [4.69, 9.17) is 0 Å². The first-order chi connectivity index (χ1) is 5.27. The van der Waals surface area contributed by atoms with Crippen LogP contribution in [0, 0.1) is 11.7 Å². The van der Waals surface area contributed by atoms with Crippen molar-refractivity contribution in [3.63, 3.8) is 0 Å². The minimum absolute atomic E-state index is 0. The van der Waals surface area contributed by atoms with Crippen LogP contribution in [0.15, 0.2) is 24.3 Å². The molecular formula is C10H14FN. The van der Waals surface area contributed by atoms with Gasteiger partial charge in [-0.1, -0.05) is 19.1 Å². The Morgan fingerprint density at radius 3 is 2.17 bits per heavy atom. The number of rotatable bonds is 1. The molecule has 2 rings (SSSR count). The maximum Gasteiger partial charge on any atom is 0.123 e. The highest BCUT2D eigenvalue weighted by molar-refractivity contribution is 5.25. The summed E-state index contributed by atoms with van der Waals surface area (Å²) in [6.45, 7) is 2.23. The van der Waals surface area contributed by atoms with Crippen LogP contribution in [0.5, 0.6) is 0 Å². The van der Waals surface area contributed by atoms with Gasteiger partial charge in [-0.2, -0.15) is 0 Å². The summed E-state index contributed by atoms with van der Waals surface area (Å²) < 4.78 is 12.5. The van der Waals surface area contributed by atoms with E-state index in [0.29, 0.717) is 5.92 Å². The molecule has 66 valence electrons. The first kappa shape index (κ1) is 9.20. The van der Waals surface area contributed by atoms with E-state index in [2.05, 4.69) is 6.92 Å². The summed E-state index contributed by atoms with van der Waals surface area (Å²) in [5, 5.41) is 0. The standard InChI is InChI=1S/C10H11F.H3N/c1-7-6-10(7)8-2-4-9(11)5-3-8;/h2-5,7,10H,6H2,1H3;1H3. The van der Waals surface area contributed by atoms with Crippen molar-refractivity contribution in [1.29, 1.82) is 0 Å². The van der Waals surface area contributed by atoms with Crippen molar-refractivity contribution < 1.29 is 4.39 Å². The number of hydrogen-bond acceptors (Lipinski definition) is 1. The van der Waals surface area contributed by atoms with E-state index in [1.165, 1.54) is 12.0 Å². The second kappa shape index (κ2) is 3.23. The fourth-order valence-corrected chi connectivity index (χ4v) is 1.50. The lowest BCUT2D eigenvalue weighted by Gasteiger charge is -1.96. The zero-order valence-electron chi connectivity index (χ0n) is 7.26. The minimum atomic E-state index is -0.137. The summed E-state index contributed by atoms with van der Waals surface area (Å²) in [6.07, 6.45) is 1.27. The zero-order chi connectivity index (χ0) is 7.84. The van der Waals surface area contributed by atoms with Gasteiger partial charge >= 0.3 is 0 Å². The van der Waals surface area contributed by atoms with Crippen molar-refractivity contribution in [2.24, 2.45) is 5.92 Å². The second-order valence-corrected chi connectivity index (χ2v) is 3.37. The van der Waals surface area contributed by atoms with Gasteiger partial charge in [0, 0.05) is 0 Å². The van der Waals surface area contributed by atoms with Gasteiger partial charge in [0.25, 0.3) is 0 Å². The van der Waals surface area contributed by atoms with E-state index < -0.39 is 0 Å². The van der Waals surface area contributed by atoms with Crippen molar-refractivity contribution in [3.05, 3.63) is 35.6 Å². The molecule has 2 unspecified atom stereocenters. The van der Waals surface area contributed by atoms with Crippen LogP contribution in [-0.4, -0.2) is 0 Å². The molecule has 0 aliphatic heterocycles. The van der Waals surface area contributed by atoms with Crippen LogP contribution in [-0.2, 0) is 0 Å². The maximum atomic E-state index is 12.5. The summed E-state index contributed by atoms with van der Waals surface area (Å²) in [6, 6.07) is 6.87. The largest absolute Gasteiger partial charge is 0.344 e. The quantitative estimate of drug-likeness (QED) is 0.685. The fraction of sp³-hybridized carbons (Fsp3) is 0.400. The molecule has 1 aliphatic carbocycles. The monoisotopic (exact) mass is 167 g/mol. The number of hydrogen-bond donors (Lipinski definition) is 1. The molecule has 2 heteroatoms. The Labute approximate surface area is 72.2 Å². The highest BCUT2D eigenvalue weighted by Gasteiger charge is 2.33. The Hall–Kier alpha value is -0.890. The molecule has 1 saturated carbocycles. The van der Waals surface area contributed by atoms with Gasteiger partial charge in [0.1, 0.15) is 5.82 Å². The van der Waals surface area contributed by atoms with Crippen LogP contribution in [0.1, 0.15) is 24.8 Å². The Morgan fingerprint density at radius 2 is 1.75 bits per heavy atom. The molecule has 0 heterocycles. The molecule has 0 aromatic heterocycles. The highest BCUT2D eigenvalue weighted by atomic mass is 19.1. The molecular weight excluding hydrogens is 153 g/mol. The fourth-order valence-electron chi connectivity index (χ4n) is 1.50. The van der Waals surface area contributed by atoms with Crippen molar-refractivity contribution in [2.75, 3.05) is 0 Å². The normalized spacial score (nSPS) is 26.2.